The molecule has 1 heterocycles. The largest absolute Gasteiger partial charge is 0.478 e. The van der Waals surface area contributed by atoms with E-state index >= 15 is 0 Å². The Hall–Kier alpha value is -0.890. The summed E-state index contributed by atoms with van der Waals surface area (Å²) in [5.41, 5.74) is 0.676. The minimum atomic E-state index is -2.43. The number of benzene rings is 1. The monoisotopic (exact) mass is 392 g/mol. The molecule has 102 valence electrons. The van der Waals surface area contributed by atoms with E-state index < -0.39 is 16.3 Å². The Kier molecular flexibility index (Phi) is 4.00. The van der Waals surface area contributed by atoms with Gasteiger partial charge in [-0.1, -0.05) is 24.3 Å². The first-order chi connectivity index (χ1) is 8.81. The van der Waals surface area contributed by atoms with Crippen molar-refractivity contribution in [2.24, 2.45) is 0 Å². The minimum absolute atomic E-state index is 0.0248. The van der Waals surface area contributed by atoms with Gasteiger partial charge in [0.05, 0.1) is 5.75 Å². The van der Waals surface area contributed by atoms with Crippen molar-refractivity contribution in [3.8, 4) is 0 Å². The second kappa shape index (κ2) is 5.24. The Morgan fingerprint density at radius 1 is 1.21 bits per heavy atom. The molecule has 6 heteroatoms. The molecule has 0 aromatic heterocycles. The first-order valence-corrected chi connectivity index (χ1v) is 8.10. The highest BCUT2D eigenvalue weighted by molar-refractivity contribution is 14.1. The standard InChI is InChI=1S/C13H13IO4S/c1-13(2)12(15)10(14)11(18-13)9-5-3-8(4-6-9)7-19(16)17/h3-6,19H,7H2,1-2H3. The van der Waals surface area contributed by atoms with Crippen LogP contribution in [0.1, 0.15) is 25.0 Å². The van der Waals surface area contributed by atoms with Crippen LogP contribution in [0.3, 0.4) is 0 Å². The third-order valence-corrected chi connectivity index (χ3v) is 4.43. The Labute approximate surface area is 126 Å². The molecule has 19 heavy (non-hydrogen) atoms. The lowest BCUT2D eigenvalue weighted by Gasteiger charge is -2.17. The third kappa shape index (κ3) is 3.00. The number of hydrogen-bond donors (Lipinski definition) is 1. The molecular weight excluding hydrogens is 379 g/mol. The average molecular weight is 392 g/mol. The zero-order valence-corrected chi connectivity index (χ0v) is 13.5. The van der Waals surface area contributed by atoms with Crippen molar-refractivity contribution in [2.45, 2.75) is 25.2 Å². The molecule has 0 N–H and O–H groups in total. The molecule has 0 saturated carbocycles. The molecule has 1 aromatic carbocycles. The van der Waals surface area contributed by atoms with E-state index in [1.807, 2.05) is 22.6 Å². The number of hydrogen-bond acceptors (Lipinski definition) is 4. The van der Waals surface area contributed by atoms with E-state index in [2.05, 4.69) is 0 Å². The number of thiol groups is 1. The predicted octanol–water partition coefficient (Wildman–Crippen LogP) is 2.28. The first-order valence-electron chi connectivity index (χ1n) is 5.66. The van der Waals surface area contributed by atoms with Crippen molar-refractivity contribution in [3.63, 3.8) is 0 Å². The van der Waals surface area contributed by atoms with E-state index in [-0.39, 0.29) is 11.5 Å². The molecule has 1 aromatic rings. The van der Waals surface area contributed by atoms with Crippen molar-refractivity contribution in [1.29, 1.82) is 0 Å². The van der Waals surface area contributed by atoms with Crippen LogP contribution in [-0.2, 0) is 26.0 Å². The summed E-state index contributed by atoms with van der Waals surface area (Å²) in [5.74, 6) is 0.556. The van der Waals surface area contributed by atoms with Gasteiger partial charge in [0.1, 0.15) is 20.0 Å². The van der Waals surface area contributed by atoms with Crippen molar-refractivity contribution < 1.29 is 17.9 Å². The number of rotatable bonds is 3. The maximum absolute atomic E-state index is 12.0. The Morgan fingerprint density at radius 2 is 1.79 bits per heavy atom. The van der Waals surface area contributed by atoms with E-state index in [9.17, 15) is 13.2 Å². The number of Topliss-reactive ketones (excluding diaryl/α,β-unsaturated/α-hetero) is 1. The molecule has 0 atom stereocenters. The molecule has 2 rings (SSSR count). The van der Waals surface area contributed by atoms with Crippen molar-refractivity contribution in [2.75, 3.05) is 0 Å². The van der Waals surface area contributed by atoms with Crippen LogP contribution in [0.2, 0.25) is 0 Å². The molecule has 1 aliphatic rings. The van der Waals surface area contributed by atoms with Gasteiger partial charge in [-0.05, 0) is 42.0 Å². The highest BCUT2D eigenvalue weighted by Crippen LogP contribution is 2.39. The van der Waals surface area contributed by atoms with Gasteiger partial charge < -0.3 is 4.74 Å². The Bertz CT molecular complexity index is 619. The summed E-state index contributed by atoms with van der Waals surface area (Å²) in [6.07, 6.45) is 0. The number of halogens is 1. The lowest BCUT2D eigenvalue weighted by molar-refractivity contribution is -0.125. The molecular formula is C13H13IO4S. The van der Waals surface area contributed by atoms with Crippen LogP contribution in [0.4, 0.5) is 0 Å². The van der Waals surface area contributed by atoms with E-state index in [0.29, 0.717) is 9.34 Å². The van der Waals surface area contributed by atoms with Crippen LogP contribution < -0.4 is 0 Å². The van der Waals surface area contributed by atoms with Gasteiger partial charge in [0, 0.05) is 5.56 Å². The fourth-order valence-electron chi connectivity index (χ4n) is 1.81. The van der Waals surface area contributed by atoms with Crippen LogP contribution in [0, 0.1) is 0 Å². The van der Waals surface area contributed by atoms with E-state index in [1.54, 1.807) is 38.1 Å². The molecule has 0 bridgehead atoms. The van der Waals surface area contributed by atoms with Crippen LogP contribution >= 0.6 is 22.6 Å². The van der Waals surface area contributed by atoms with Crippen LogP contribution in [0.15, 0.2) is 27.8 Å². The molecule has 0 aliphatic carbocycles. The highest BCUT2D eigenvalue weighted by atomic mass is 127. The van der Waals surface area contributed by atoms with Crippen molar-refractivity contribution in [1.82, 2.24) is 0 Å². The molecule has 1 aliphatic heterocycles. The summed E-state index contributed by atoms with van der Waals surface area (Å²) < 4.78 is 27.6. The van der Waals surface area contributed by atoms with Gasteiger partial charge in [0.2, 0.25) is 5.78 Å². The quantitative estimate of drug-likeness (QED) is 0.634. The molecule has 0 unspecified atom stereocenters. The molecule has 0 amide bonds. The third-order valence-electron chi connectivity index (χ3n) is 2.83. The minimum Gasteiger partial charge on any atom is -0.478 e. The Balaban J connectivity index is 2.31. The molecule has 0 saturated heterocycles. The van der Waals surface area contributed by atoms with Gasteiger partial charge in [-0.2, -0.15) is 0 Å². The molecule has 4 nitrogen and oxygen atoms in total. The second-order valence-electron chi connectivity index (χ2n) is 4.77. The summed E-state index contributed by atoms with van der Waals surface area (Å²) in [6, 6.07) is 7.01. The van der Waals surface area contributed by atoms with Crippen LogP contribution in [0.25, 0.3) is 5.76 Å². The number of ketones is 1. The number of carbonyl (C=O) groups excluding carboxylic acids is 1. The van der Waals surface area contributed by atoms with Crippen molar-refractivity contribution in [3.05, 3.63) is 39.0 Å². The SMILES string of the molecule is CC1(C)OC(c2ccc(C[SH](=O)=O)cc2)=C(I)C1=O. The number of carbonyl (C=O) groups is 1. The van der Waals surface area contributed by atoms with E-state index in [4.69, 9.17) is 4.74 Å². The summed E-state index contributed by atoms with van der Waals surface area (Å²) in [5, 5.41) is 0. The number of ether oxygens (including phenoxy) is 1. The normalized spacial score (nSPS) is 18.0. The van der Waals surface area contributed by atoms with Gasteiger partial charge in [-0.3, -0.25) is 4.79 Å². The van der Waals surface area contributed by atoms with Gasteiger partial charge in [-0.25, -0.2) is 8.42 Å². The van der Waals surface area contributed by atoms with Gasteiger partial charge in [0.15, 0.2) is 5.60 Å². The van der Waals surface area contributed by atoms with E-state index in [0.717, 1.165) is 11.1 Å². The molecule has 0 spiro atoms. The smallest absolute Gasteiger partial charge is 0.215 e. The highest BCUT2D eigenvalue weighted by Gasteiger charge is 2.41. The van der Waals surface area contributed by atoms with E-state index in [1.165, 1.54) is 0 Å². The maximum atomic E-state index is 12.0. The van der Waals surface area contributed by atoms with Gasteiger partial charge >= 0.3 is 0 Å². The zero-order valence-electron chi connectivity index (χ0n) is 10.5. The molecule has 0 radical (unpaired) electrons. The second-order valence-corrected chi connectivity index (χ2v) is 6.83. The lowest BCUT2D eigenvalue weighted by Crippen LogP contribution is -2.28. The predicted molar refractivity (Wildman–Crippen MR) is 81.6 cm³/mol. The summed E-state index contributed by atoms with van der Waals surface area (Å²) >= 11 is 1.99. The van der Waals surface area contributed by atoms with Crippen LogP contribution in [-0.4, -0.2) is 19.8 Å². The lowest BCUT2D eigenvalue weighted by atomic mass is 10.1. The zero-order chi connectivity index (χ0) is 14.2. The fraction of sp³-hybridized carbons (Fsp3) is 0.308. The molecule has 0 fully saturated rings. The topological polar surface area (TPSA) is 60.4 Å². The summed E-state index contributed by atoms with van der Waals surface area (Å²) in [4.78, 5) is 12.0. The van der Waals surface area contributed by atoms with Gasteiger partial charge in [-0.15, -0.1) is 0 Å². The summed E-state index contributed by atoms with van der Waals surface area (Å²) in [6.45, 7) is 3.47. The fourth-order valence-corrected chi connectivity index (χ4v) is 3.39. The van der Waals surface area contributed by atoms with Crippen LogP contribution in [0.5, 0.6) is 0 Å². The Morgan fingerprint density at radius 3 is 2.21 bits per heavy atom. The summed E-state index contributed by atoms with van der Waals surface area (Å²) in [7, 11) is -2.43. The van der Waals surface area contributed by atoms with Crippen molar-refractivity contribution >= 4 is 44.8 Å². The van der Waals surface area contributed by atoms with Gasteiger partial charge in [0.25, 0.3) is 0 Å². The maximum Gasteiger partial charge on any atom is 0.215 e. The average Bonchev–Trinajstić information content (AvgIpc) is 2.53. The first kappa shape index (κ1) is 14.5.